The largest absolute Gasteiger partial charge is 0.370 e. The first-order valence-electron chi connectivity index (χ1n) is 7.88. The number of aromatic nitrogens is 2. The van der Waals surface area contributed by atoms with Crippen LogP contribution in [0.1, 0.15) is 43.0 Å². The number of hydrogen-bond acceptors (Lipinski definition) is 5. The van der Waals surface area contributed by atoms with Crippen LogP contribution < -0.4 is 5.32 Å². The first-order chi connectivity index (χ1) is 10.1. The Kier molecular flexibility index (Phi) is 4.13. The summed E-state index contributed by atoms with van der Waals surface area (Å²) >= 11 is 1.78. The second-order valence-corrected chi connectivity index (χ2v) is 6.98. The number of anilines is 1. The number of thiophene rings is 1. The second-order valence-electron chi connectivity index (χ2n) is 5.78. The van der Waals surface area contributed by atoms with Crippen LogP contribution in [0, 0.1) is 13.8 Å². The fraction of sp³-hybridized carbons (Fsp3) is 0.625. The molecule has 2 aromatic heterocycles. The smallest absolute Gasteiger partial charge is 0.146 e. The summed E-state index contributed by atoms with van der Waals surface area (Å²) in [5, 5.41) is 4.62. The SMILES string of the molecule is CCNc1nc(CN(CC)C2CC2)nc2sc(C)c(C)c12. The highest BCUT2D eigenvalue weighted by Crippen LogP contribution is 2.34. The van der Waals surface area contributed by atoms with E-state index in [0.29, 0.717) is 0 Å². The van der Waals surface area contributed by atoms with Crippen molar-refractivity contribution in [2.75, 3.05) is 18.4 Å². The molecule has 0 spiro atoms. The van der Waals surface area contributed by atoms with Crippen LogP contribution in [0.5, 0.6) is 0 Å². The molecule has 0 aromatic carbocycles. The van der Waals surface area contributed by atoms with Gasteiger partial charge in [-0.25, -0.2) is 9.97 Å². The maximum absolute atomic E-state index is 4.82. The molecule has 0 saturated heterocycles. The molecule has 1 aliphatic carbocycles. The molecule has 0 atom stereocenters. The Morgan fingerprint density at radius 3 is 2.62 bits per heavy atom. The van der Waals surface area contributed by atoms with E-state index in [9.17, 15) is 0 Å². The standard InChI is InChI=1S/C16H24N4S/c1-5-17-15-14-10(3)11(4)21-16(14)19-13(18-15)9-20(6-2)12-7-8-12/h12H,5-9H2,1-4H3,(H,17,18,19). The number of rotatable bonds is 6. The molecule has 2 heterocycles. The summed E-state index contributed by atoms with van der Waals surface area (Å²) in [5.41, 5.74) is 1.31. The predicted octanol–water partition coefficient (Wildman–Crippen LogP) is 3.72. The molecule has 1 saturated carbocycles. The van der Waals surface area contributed by atoms with Gasteiger partial charge in [-0.15, -0.1) is 11.3 Å². The van der Waals surface area contributed by atoms with E-state index < -0.39 is 0 Å². The van der Waals surface area contributed by atoms with Crippen LogP contribution in [0.15, 0.2) is 0 Å². The summed E-state index contributed by atoms with van der Waals surface area (Å²) in [6.07, 6.45) is 2.65. The highest BCUT2D eigenvalue weighted by Gasteiger charge is 2.28. The van der Waals surface area contributed by atoms with Crippen molar-refractivity contribution in [3.05, 3.63) is 16.3 Å². The van der Waals surface area contributed by atoms with Gasteiger partial charge in [-0.1, -0.05) is 6.92 Å². The minimum Gasteiger partial charge on any atom is -0.370 e. The molecule has 4 nitrogen and oxygen atoms in total. The zero-order valence-corrected chi connectivity index (χ0v) is 14.2. The lowest BCUT2D eigenvalue weighted by molar-refractivity contribution is 0.263. The molecule has 1 N–H and O–H groups in total. The monoisotopic (exact) mass is 304 g/mol. The van der Waals surface area contributed by atoms with Crippen LogP contribution in [0.25, 0.3) is 10.2 Å². The van der Waals surface area contributed by atoms with Crippen molar-refractivity contribution < 1.29 is 0 Å². The Morgan fingerprint density at radius 1 is 1.24 bits per heavy atom. The third kappa shape index (κ3) is 2.90. The van der Waals surface area contributed by atoms with Crippen LogP contribution >= 0.6 is 11.3 Å². The van der Waals surface area contributed by atoms with Crippen molar-refractivity contribution in [1.29, 1.82) is 0 Å². The Hall–Kier alpha value is -1.20. The van der Waals surface area contributed by atoms with Crippen LogP contribution in [-0.2, 0) is 6.54 Å². The number of nitrogens with zero attached hydrogens (tertiary/aromatic N) is 3. The molecule has 0 aliphatic heterocycles. The van der Waals surface area contributed by atoms with Gasteiger partial charge in [0.05, 0.1) is 11.9 Å². The van der Waals surface area contributed by atoms with E-state index in [0.717, 1.165) is 42.1 Å². The third-order valence-corrected chi connectivity index (χ3v) is 5.33. The van der Waals surface area contributed by atoms with Gasteiger partial charge in [0.2, 0.25) is 0 Å². The number of hydrogen-bond donors (Lipinski definition) is 1. The molecule has 3 rings (SSSR count). The summed E-state index contributed by atoms with van der Waals surface area (Å²) < 4.78 is 0. The third-order valence-electron chi connectivity index (χ3n) is 4.23. The van der Waals surface area contributed by atoms with Crippen molar-refractivity contribution >= 4 is 27.4 Å². The van der Waals surface area contributed by atoms with Crippen molar-refractivity contribution in [2.45, 2.75) is 53.1 Å². The fourth-order valence-corrected chi connectivity index (χ4v) is 3.83. The van der Waals surface area contributed by atoms with Crippen molar-refractivity contribution in [3.63, 3.8) is 0 Å². The van der Waals surface area contributed by atoms with Gasteiger partial charge in [0.15, 0.2) is 0 Å². The summed E-state index contributed by atoms with van der Waals surface area (Å²) in [6.45, 7) is 11.5. The summed E-state index contributed by atoms with van der Waals surface area (Å²) in [6, 6.07) is 0.753. The molecule has 1 fully saturated rings. The van der Waals surface area contributed by atoms with Crippen LogP contribution in [0.3, 0.4) is 0 Å². The maximum Gasteiger partial charge on any atom is 0.146 e. The van der Waals surface area contributed by atoms with Crippen LogP contribution in [0.4, 0.5) is 5.82 Å². The van der Waals surface area contributed by atoms with Gasteiger partial charge in [0.1, 0.15) is 16.5 Å². The van der Waals surface area contributed by atoms with Gasteiger partial charge in [-0.3, -0.25) is 4.90 Å². The lowest BCUT2D eigenvalue weighted by Crippen LogP contribution is -2.26. The predicted molar refractivity (Wildman–Crippen MR) is 90.2 cm³/mol. The molecule has 0 radical (unpaired) electrons. The Morgan fingerprint density at radius 2 is 2.00 bits per heavy atom. The molecular formula is C16H24N4S. The van der Waals surface area contributed by atoms with Crippen molar-refractivity contribution in [2.24, 2.45) is 0 Å². The minimum atomic E-state index is 0.753. The normalized spacial score (nSPS) is 15.1. The quantitative estimate of drug-likeness (QED) is 0.883. The minimum absolute atomic E-state index is 0.753. The van der Waals surface area contributed by atoms with Crippen molar-refractivity contribution in [3.8, 4) is 0 Å². The topological polar surface area (TPSA) is 41.1 Å². The summed E-state index contributed by atoms with van der Waals surface area (Å²) in [5.74, 6) is 1.96. The first kappa shape index (κ1) is 14.7. The van der Waals surface area contributed by atoms with Gasteiger partial charge in [0, 0.05) is 17.5 Å². The van der Waals surface area contributed by atoms with E-state index in [4.69, 9.17) is 9.97 Å². The fourth-order valence-electron chi connectivity index (χ4n) is 2.78. The molecule has 0 bridgehead atoms. The first-order valence-corrected chi connectivity index (χ1v) is 8.70. The zero-order valence-electron chi connectivity index (χ0n) is 13.4. The Balaban J connectivity index is 1.99. The zero-order chi connectivity index (χ0) is 15.0. The van der Waals surface area contributed by atoms with E-state index in [1.165, 1.54) is 28.7 Å². The average molecular weight is 304 g/mol. The van der Waals surface area contributed by atoms with Crippen LogP contribution in [0.2, 0.25) is 0 Å². The highest BCUT2D eigenvalue weighted by atomic mass is 32.1. The Labute approximate surface area is 130 Å². The van der Waals surface area contributed by atoms with E-state index in [-0.39, 0.29) is 0 Å². The number of fused-ring (bicyclic) bond motifs is 1. The van der Waals surface area contributed by atoms with E-state index in [2.05, 4.69) is 37.9 Å². The lowest BCUT2D eigenvalue weighted by atomic mass is 10.2. The van der Waals surface area contributed by atoms with E-state index >= 15 is 0 Å². The van der Waals surface area contributed by atoms with Gasteiger partial charge in [-0.2, -0.15) is 0 Å². The molecule has 1 aliphatic rings. The molecule has 114 valence electrons. The van der Waals surface area contributed by atoms with Crippen LogP contribution in [-0.4, -0.2) is 34.0 Å². The van der Waals surface area contributed by atoms with E-state index in [1.807, 2.05) is 0 Å². The Bertz CT molecular complexity index is 645. The molecule has 0 amide bonds. The second kappa shape index (κ2) is 5.89. The number of nitrogens with one attached hydrogen (secondary N) is 1. The van der Waals surface area contributed by atoms with Gasteiger partial charge in [-0.05, 0) is 45.7 Å². The molecule has 0 unspecified atom stereocenters. The van der Waals surface area contributed by atoms with Gasteiger partial charge in [0.25, 0.3) is 0 Å². The number of aryl methyl sites for hydroxylation is 2. The van der Waals surface area contributed by atoms with Gasteiger partial charge < -0.3 is 5.32 Å². The lowest BCUT2D eigenvalue weighted by Gasteiger charge is -2.19. The van der Waals surface area contributed by atoms with Crippen molar-refractivity contribution in [1.82, 2.24) is 14.9 Å². The summed E-state index contributed by atoms with van der Waals surface area (Å²) in [7, 11) is 0. The maximum atomic E-state index is 4.82. The highest BCUT2D eigenvalue weighted by molar-refractivity contribution is 7.18. The molecular weight excluding hydrogens is 280 g/mol. The molecule has 5 heteroatoms. The molecule has 21 heavy (non-hydrogen) atoms. The van der Waals surface area contributed by atoms with Gasteiger partial charge >= 0.3 is 0 Å². The molecule has 2 aromatic rings. The summed E-state index contributed by atoms with van der Waals surface area (Å²) in [4.78, 5) is 14.6. The average Bonchev–Trinajstić information content (AvgIpc) is 3.25. The van der Waals surface area contributed by atoms with E-state index in [1.54, 1.807) is 11.3 Å².